The SMILES string of the molecule is COc1cccc(-c2ccc3nc(C4CCCN(C(=O)c5cccn5C)C4)nn3c2)c1OC. The first-order valence-electron chi connectivity index (χ1n) is 11.1. The summed E-state index contributed by atoms with van der Waals surface area (Å²) in [5.41, 5.74) is 3.36. The van der Waals surface area contributed by atoms with E-state index >= 15 is 0 Å². The molecular weight excluding hydrogens is 418 g/mol. The number of rotatable bonds is 5. The van der Waals surface area contributed by atoms with Crippen LogP contribution in [0.3, 0.4) is 0 Å². The zero-order valence-corrected chi connectivity index (χ0v) is 19.1. The van der Waals surface area contributed by atoms with E-state index in [0.717, 1.165) is 42.0 Å². The molecule has 1 aliphatic heterocycles. The average molecular weight is 446 g/mol. The van der Waals surface area contributed by atoms with Crippen LogP contribution in [-0.4, -0.2) is 57.3 Å². The highest BCUT2D eigenvalue weighted by molar-refractivity contribution is 5.92. The maximum Gasteiger partial charge on any atom is 0.270 e. The number of aryl methyl sites for hydroxylation is 1. The van der Waals surface area contributed by atoms with Crippen LogP contribution in [0.4, 0.5) is 0 Å². The number of likely N-dealkylation sites (tertiary alicyclic amines) is 1. The van der Waals surface area contributed by atoms with Crippen LogP contribution in [0.1, 0.15) is 35.1 Å². The van der Waals surface area contributed by atoms with E-state index in [1.807, 2.05) is 75.9 Å². The Labute approximate surface area is 192 Å². The predicted molar refractivity (Wildman–Crippen MR) is 125 cm³/mol. The standard InChI is InChI=1S/C25H27N5O3/c1-28-13-6-9-20(28)25(31)29-14-5-7-18(15-29)24-26-22-12-11-17(16-30(22)27-24)19-8-4-10-21(32-2)23(19)33-3/h4,6,8-13,16,18H,5,7,14-15H2,1-3H3. The van der Waals surface area contributed by atoms with Crippen molar-refractivity contribution in [2.45, 2.75) is 18.8 Å². The number of aromatic nitrogens is 4. The maximum atomic E-state index is 13.0. The van der Waals surface area contributed by atoms with Crippen LogP contribution >= 0.6 is 0 Å². The molecule has 1 saturated heterocycles. The Bertz CT molecular complexity index is 1310. The molecule has 1 atom stereocenters. The Morgan fingerprint density at radius 2 is 1.97 bits per heavy atom. The molecule has 5 rings (SSSR count). The summed E-state index contributed by atoms with van der Waals surface area (Å²) < 4.78 is 14.7. The highest BCUT2D eigenvalue weighted by Crippen LogP contribution is 2.37. The third-order valence-electron chi connectivity index (χ3n) is 6.30. The van der Waals surface area contributed by atoms with Crippen molar-refractivity contribution in [2.75, 3.05) is 27.3 Å². The van der Waals surface area contributed by atoms with Gasteiger partial charge < -0.3 is 18.9 Å². The van der Waals surface area contributed by atoms with Crippen molar-refractivity contribution in [2.24, 2.45) is 7.05 Å². The fourth-order valence-corrected chi connectivity index (χ4v) is 4.56. The highest BCUT2D eigenvalue weighted by Gasteiger charge is 2.29. The van der Waals surface area contributed by atoms with Crippen LogP contribution in [0.25, 0.3) is 16.8 Å². The first-order chi connectivity index (χ1) is 16.1. The number of nitrogens with zero attached hydrogens (tertiary/aromatic N) is 5. The van der Waals surface area contributed by atoms with E-state index < -0.39 is 0 Å². The summed E-state index contributed by atoms with van der Waals surface area (Å²) in [5.74, 6) is 2.30. The predicted octanol–water partition coefficient (Wildman–Crippen LogP) is 3.77. The summed E-state index contributed by atoms with van der Waals surface area (Å²) >= 11 is 0. The van der Waals surface area contributed by atoms with Crippen molar-refractivity contribution in [1.82, 2.24) is 24.1 Å². The van der Waals surface area contributed by atoms with Gasteiger partial charge in [0.15, 0.2) is 23.0 Å². The number of para-hydroxylation sites is 1. The molecule has 4 heterocycles. The number of ether oxygens (including phenoxy) is 2. The smallest absolute Gasteiger partial charge is 0.270 e. The zero-order chi connectivity index (χ0) is 22.9. The molecule has 1 aromatic carbocycles. The molecule has 0 aliphatic carbocycles. The summed E-state index contributed by atoms with van der Waals surface area (Å²) in [6, 6.07) is 13.5. The van der Waals surface area contributed by atoms with Crippen molar-refractivity contribution < 1.29 is 14.3 Å². The Morgan fingerprint density at radius 1 is 1.09 bits per heavy atom. The zero-order valence-electron chi connectivity index (χ0n) is 19.1. The largest absolute Gasteiger partial charge is 0.493 e. The lowest BCUT2D eigenvalue weighted by molar-refractivity contribution is 0.0695. The quantitative estimate of drug-likeness (QED) is 0.468. The van der Waals surface area contributed by atoms with Crippen molar-refractivity contribution in [3.05, 3.63) is 66.4 Å². The number of piperidine rings is 1. The molecule has 1 aliphatic rings. The van der Waals surface area contributed by atoms with Gasteiger partial charge in [0.2, 0.25) is 0 Å². The Balaban J connectivity index is 1.42. The van der Waals surface area contributed by atoms with E-state index in [4.69, 9.17) is 19.6 Å². The summed E-state index contributed by atoms with van der Waals surface area (Å²) in [6.07, 6.45) is 5.75. The minimum Gasteiger partial charge on any atom is -0.493 e. The number of fused-ring (bicyclic) bond motifs is 1. The van der Waals surface area contributed by atoms with Crippen LogP contribution < -0.4 is 9.47 Å². The van der Waals surface area contributed by atoms with E-state index in [-0.39, 0.29) is 11.8 Å². The summed E-state index contributed by atoms with van der Waals surface area (Å²) in [4.78, 5) is 19.7. The van der Waals surface area contributed by atoms with Gasteiger partial charge in [-0.1, -0.05) is 12.1 Å². The molecule has 0 bridgehead atoms. The number of benzene rings is 1. The molecule has 1 fully saturated rings. The number of carbonyl (C=O) groups excluding carboxylic acids is 1. The maximum absolute atomic E-state index is 13.0. The first-order valence-corrected chi connectivity index (χ1v) is 11.1. The van der Waals surface area contributed by atoms with Gasteiger partial charge in [-0.25, -0.2) is 9.50 Å². The minimum absolute atomic E-state index is 0.0587. The molecule has 4 aromatic rings. The van der Waals surface area contributed by atoms with E-state index in [1.54, 1.807) is 14.2 Å². The number of methoxy groups -OCH3 is 2. The third kappa shape index (κ3) is 3.82. The molecule has 0 spiro atoms. The summed E-state index contributed by atoms with van der Waals surface area (Å²) in [5, 5.41) is 4.79. The molecule has 0 saturated carbocycles. The summed E-state index contributed by atoms with van der Waals surface area (Å²) in [6.45, 7) is 1.38. The van der Waals surface area contributed by atoms with Crippen LogP contribution in [0.2, 0.25) is 0 Å². The van der Waals surface area contributed by atoms with E-state index in [1.165, 1.54) is 0 Å². The van der Waals surface area contributed by atoms with Crippen LogP contribution in [0.5, 0.6) is 11.5 Å². The Morgan fingerprint density at radius 3 is 2.73 bits per heavy atom. The van der Waals surface area contributed by atoms with Crippen molar-refractivity contribution in [1.29, 1.82) is 0 Å². The van der Waals surface area contributed by atoms with Gasteiger partial charge in [-0.3, -0.25) is 4.79 Å². The van der Waals surface area contributed by atoms with Crippen molar-refractivity contribution >= 4 is 11.6 Å². The Kier molecular flexibility index (Phi) is 5.50. The molecule has 8 nitrogen and oxygen atoms in total. The monoisotopic (exact) mass is 445 g/mol. The molecule has 33 heavy (non-hydrogen) atoms. The van der Waals surface area contributed by atoms with Gasteiger partial charge in [-0.15, -0.1) is 0 Å². The minimum atomic E-state index is 0.0587. The van der Waals surface area contributed by atoms with E-state index in [0.29, 0.717) is 23.7 Å². The fraction of sp³-hybridized carbons (Fsp3) is 0.320. The van der Waals surface area contributed by atoms with E-state index in [2.05, 4.69) is 0 Å². The number of hydrogen-bond donors (Lipinski definition) is 0. The lowest BCUT2D eigenvalue weighted by Crippen LogP contribution is -2.40. The summed E-state index contributed by atoms with van der Waals surface area (Å²) in [7, 11) is 5.16. The highest BCUT2D eigenvalue weighted by atomic mass is 16.5. The van der Waals surface area contributed by atoms with Gasteiger partial charge in [0, 0.05) is 49.6 Å². The number of carbonyl (C=O) groups is 1. The van der Waals surface area contributed by atoms with Gasteiger partial charge in [0.1, 0.15) is 5.69 Å². The molecule has 1 amide bonds. The van der Waals surface area contributed by atoms with Gasteiger partial charge in [0.05, 0.1) is 14.2 Å². The van der Waals surface area contributed by atoms with Crippen molar-refractivity contribution in [3.8, 4) is 22.6 Å². The molecular formula is C25H27N5O3. The van der Waals surface area contributed by atoms with Gasteiger partial charge in [-0.05, 0) is 43.2 Å². The second-order valence-electron chi connectivity index (χ2n) is 8.33. The molecule has 170 valence electrons. The Hall–Kier alpha value is -3.81. The lowest BCUT2D eigenvalue weighted by atomic mass is 9.97. The third-order valence-corrected chi connectivity index (χ3v) is 6.30. The molecule has 0 radical (unpaired) electrons. The van der Waals surface area contributed by atoms with Crippen LogP contribution in [0, 0.1) is 0 Å². The number of pyridine rings is 1. The molecule has 3 aromatic heterocycles. The van der Waals surface area contributed by atoms with Gasteiger partial charge in [0.25, 0.3) is 5.91 Å². The van der Waals surface area contributed by atoms with Crippen molar-refractivity contribution in [3.63, 3.8) is 0 Å². The fourth-order valence-electron chi connectivity index (χ4n) is 4.56. The van der Waals surface area contributed by atoms with Gasteiger partial charge >= 0.3 is 0 Å². The number of amides is 1. The van der Waals surface area contributed by atoms with Crippen LogP contribution in [-0.2, 0) is 7.05 Å². The second-order valence-corrected chi connectivity index (χ2v) is 8.33. The van der Waals surface area contributed by atoms with Gasteiger partial charge in [-0.2, -0.15) is 5.10 Å². The molecule has 1 unspecified atom stereocenters. The molecule has 8 heteroatoms. The average Bonchev–Trinajstić information content (AvgIpc) is 3.48. The topological polar surface area (TPSA) is 73.9 Å². The second kappa shape index (κ2) is 8.61. The number of hydrogen-bond acceptors (Lipinski definition) is 5. The molecule has 0 N–H and O–H groups in total. The first kappa shape index (κ1) is 21.1. The lowest BCUT2D eigenvalue weighted by Gasteiger charge is -2.31. The van der Waals surface area contributed by atoms with E-state index in [9.17, 15) is 4.79 Å². The van der Waals surface area contributed by atoms with Crippen LogP contribution in [0.15, 0.2) is 54.9 Å². The normalized spacial score (nSPS) is 16.2.